The standard InChI is InChI=1S/C7H9IO3/c8-3-7-1-6(2-7,4-11-7)5(9)10/h1-4H2,(H,9,10). The van der Waals surface area contributed by atoms with Crippen LogP contribution in [0.2, 0.25) is 0 Å². The van der Waals surface area contributed by atoms with Gasteiger partial charge in [0.15, 0.2) is 0 Å². The topological polar surface area (TPSA) is 46.5 Å². The molecule has 0 aromatic carbocycles. The summed E-state index contributed by atoms with van der Waals surface area (Å²) in [4.78, 5) is 10.7. The lowest BCUT2D eigenvalue weighted by molar-refractivity contribution is -0.153. The Balaban J connectivity index is 2.14. The van der Waals surface area contributed by atoms with Crippen LogP contribution >= 0.6 is 22.6 Å². The molecule has 0 amide bonds. The van der Waals surface area contributed by atoms with Crippen molar-refractivity contribution in [3.8, 4) is 0 Å². The van der Waals surface area contributed by atoms with E-state index in [9.17, 15) is 4.79 Å². The van der Waals surface area contributed by atoms with Crippen molar-refractivity contribution in [1.29, 1.82) is 0 Å². The monoisotopic (exact) mass is 268 g/mol. The van der Waals surface area contributed by atoms with Crippen LogP contribution in [0.5, 0.6) is 0 Å². The lowest BCUT2D eigenvalue weighted by Crippen LogP contribution is -2.49. The highest BCUT2D eigenvalue weighted by atomic mass is 127. The summed E-state index contributed by atoms with van der Waals surface area (Å²) in [5.74, 6) is -0.685. The van der Waals surface area contributed by atoms with E-state index in [0.29, 0.717) is 6.61 Å². The molecule has 2 bridgehead atoms. The van der Waals surface area contributed by atoms with E-state index in [1.165, 1.54) is 0 Å². The van der Waals surface area contributed by atoms with Crippen molar-refractivity contribution in [3.05, 3.63) is 0 Å². The van der Waals surface area contributed by atoms with E-state index < -0.39 is 11.4 Å². The van der Waals surface area contributed by atoms with Crippen LogP contribution in [0.4, 0.5) is 0 Å². The number of hydrogen-bond acceptors (Lipinski definition) is 2. The van der Waals surface area contributed by atoms with Gasteiger partial charge in [-0.05, 0) is 12.8 Å². The summed E-state index contributed by atoms with van der Waals surface area (Å²) in [6.45, 7) is 0.422. The molecule has 11 heavy (non-hydrogen) atoms. The van der Waals surface area contributed by atoms with Gasteiger partial charge in [-0.2, -0.15) is 0 Å². The lowest BCUT2D eigenvalue weighted by atomic mass is 9.63. The van der Waals surface area contributed by atoms with Gasteiger partial charge in [0, 0.05) is 4.43 Å². The van der Waals surface area contributed by atoms with Crippen LogP contribution in [0.15, 0.2) is 0 Å². The molecule has 0 aromatic heterocycles. The first-order valence-electron chi connectivity index (χ1n) is 3.56. The van der Waals surface area contributed by atoms with Gasteiger partial charge in [-0.3, -0.25) is 4.79 Å². The molecule has 3 rings (SSSR count). The van der Waals surface area contributed by atoms with Crippen LogP contribution in [-0.4, -0.2) is 27.7 Å². The highest BCUT2D eigenvalue weighted by Gasteiger charge is 2.65. The number of carboxylic acids is 1. The number of carboxylic acid groups (broad SMARTS) is 1. The number of alkyl halides is 1. The molecule has 2 saturated heterocycles. The lowest BCUT2D eigenvalue weighted by Gasteiger charge is -2.40. The van der Waals surface area contributed by atoms with Gasteiger partial charge in [-0.15, -0.1) is 0 Å². The molecule has 2 heterocycles. The van der Waals surface area contributed by atoms with Crippen LogP contribution in [-0.2, 0) is 9.53 Å². The molecule has 62 valence electrons. The summed E-state index contributed by atoms with van der Waals surface area (Å²) in [6.07, 6.45) is 1.44. The van der Waals surface area contributed by atoms with E-state index >= 15 is 0 Å². The fourth-order valence-corrected chi connectivity index (χ4v) is 2.78. The second-order valence-corrected chi connectivity index (χ2v) is 4.31. The highest BCUT2D eigenvalue weighted by molar-refractivity contribution is 14.1. The number of aliphatic carboxylic acids is 1. The molecule has 3 aliphatic rings. The van der Waals surface area contributed by atoms with Gasteiger partial charge in [0.25, 0.3) is 0 Å². The minimum atomic E-state index is -0.685. The molecule has 3 fully saturated rings. The maximum Gasteiger partial charge on any atom is 0.312 e. The molecule has 4 heteroatoms. The highest BCUT2D eigenvalue weighted by Crippen LogP contribution is 2.58. The molecule has 1 aliphatic carbocycles. The Morgan fingerprint density at radius 1 is 1.64 bits per heavy atom. The zero-order valence-corrected chi connectivity index (χ0v) is 8.13. The number of ether oxygens (including phenoxy) is 1. The molecule has 2 aliphatic heterocycles. The Kier molecular flexibility index (Phi) is 1.49. The molecule has 1 N–H and O–H groups in total. The number of fused-ring (bicyclic) bond motifs is 1. The third kappa shape index (κ3) is 0.853. The van der Waals surface area contributed by atoms with Crippen molar-refractivity contribution in [3.63, 3.8) is 0 Å². The second-order valence-electron chi connectivity index (χ2n) is 3.54. The van der Waals surface area contributed by atoms with Crippen molar-refractivity contribution < 1.29 is 14.6 Å². The largest absolute Gasteiger partial charge is 0.481 e. The molecule has 0 unspecified atom stereocenters. The van der Waals surface area contributed by atoms with E-state index in [-0.39, 0.29) is 5.60 Å². The summed E-state index contributed by atoms with van der Waals surface area (Å²) in [6, 6.07) is 0. The van der Waals surface area contributed by atoms with Crippen molar-refractivity contribution in [1.82, 2.24) is 0 Å². The van der Waals surface area contributed by atoms with Crippen LogP contribution in [0.3, 0.4) is 0 Å². The summed E-state index contributed by atoms with van der Waals surface area (Å²) in [7, 11) is 0. The zero-order chi connectivity index (χ0) is 8.11. The second kappa shape index (κ2) is 2.10. The summed E-state index contributed by atoms with van der Waals surface area (Å²) >= 11 is 2.26. The minimum Gasteiger partial charge on any atom is -0.481 e. The van der Waals surface area contributed by atoms with Crippen molar-refractivity contribution in [2.45, 2.75) is 18.4 Å². The third-order valence-corrected chi connectivity index (χ3v) is 4.06. The number of hydrogen-bond donors (Lipinski definition) is 1. The Bertz CT molecular complexity index is 208. The first-order chi connectivity index (χ1) is 5.13. The van der Waals surface area contributed by atoms with E-state index in [4.69, 9.17) is 9.84 Å². The maximum atomic E-state index is 10.7. The van der Waals surface area contributed by atoms with Gasteiger partial charge >= 0.3 is 5.97 Å². The Hall–Kier alpha value is 0.160. The maximum absolute atomic E-state index is 10.7. The molecular formula is C7H9IO3. The molecule has 1 saturated carbocycles. The van der Waals surface area contributed by atoms with Crippen molar-refractivity contribution in [2.24, 2.45) is 5.41 Å². The van der Waals surface area contributed by atoms with Gasteiger partial charge in [0.1, 0.15) is 0 Å². The molecule has 3 nitrogen and oxygen atoms in total. The van der Waals surface area contributed by atoms with Gasteiger partial charge < -0.3 is 9.84 Å². The normalized spacial score (nSPS) is 47.0. The third-order valence-electron chi connectivity index (χ3n) is 2.67. The van der Waals surface area contributed by atoms with Crippen LogP contribution < -0.4 is 0 Å². The SMILES string of the molecule is O=C(O)C12COC(CI)(C1)C2. The van der Waals surface area contributed by atoms with Gasteiger partial charge in [-0.25, -0.2) is 0 Å². The molecule has 0 atom stereocenters. The van der Waals surface area contributed by atoms with Gasteiger partial charge in [0.05, 0.1) is 17.6 Å². The Labute approximate surface area is 78.2 Å². The van der Waals surface area contributed by atoms with Crippen LogP contribution in [0.1, 0.15) is 12.8 Å². The molecule has 0 spiro atoms. The minimum absolute atomic E-state index is 0.0705. The average Bonchev–Trinajstić information content (AvgIpc) is 2.39. The Morgan fingerprint density at radius 3 is 2.55 bits per heavy atom. The number of halogens is 1. The summed E-state index contributed by atoms with van der Waals surface area (Å²) in [5, 5.41) is 8.84. The van der Waals surface area contributed by atoms with Gasteiger partial charge in [-0.1, -0.05) is 22.6 Å². The fourth-order valence-electron chi connectivity index (χ4n) is 2.02. The smallest absolute Gasteiger partial charge is 0.312 e. The predicted octanol–water partition coefficient (Wildman–Crippen LogP) is 1.06. The van der Waals surface area contributed by atoms with E-state index in [2.05, 4.69) is 22.6 Å². The van der Waals surface area contributed by atoms with Crippen LogP contribution in [0, 0.1) is 5.41 Å². The Morgan fingerprint density at radius 2 is 2.27 bits per heavy atom. The van der Waals surface area contributed by atoms with Crippen molar-refractivity contribution in [2.75, 3.05) is 11.0 Å². The van der Waals surface area contributed by atoms with Gasteiger partial charge in [0.2, 0.25) is 0 Å². The zero-order valence-electron chi connectivity index (χ0n) is 5.97. The summed E-state index contributed by atoms with van der Waals surface area (Å²) < 4.78 is 6.36. The first kappa shape index (κ1) is 7.79. The number of carbonyl (C=O) groups is 1. The van der Waals surface area contributed by atoms with E-state index in [0.717, 1.165) is 17.3 Å². The van der Waals surface area contributed by atoms with E-state index in [1.54, 1.807) is 0 Å². The van der Waals surface area contributed by atoms with Crippen molar-refractivity contribution >= 4 is 28.6 Å². The fraction of sp³-hybridized carbons (Fsp3) is 0.857. The molecule has 0 radical (unpaired) electrons. The van der Waals surface area contributed by atoms with E-state index in [1.807, 2.05) is 0 Å². The number of rotatable bonds is 2. The average molecular weight is 268 g/mol. The molecule has 0 aromatic rings. The predicted molar refractivity (Wildman–Crippen MR) is 46.9 cm³/mol. The first-order valence-corrected chi connectivity index (χ1v) is 5.08. The van der Waals surface area contributed by atoms with Crippen LogP contribution in [0.25, 0.3) is 0 Å². The molecular weight excluding hydrogens is 259 g/mol. The summed E-state index contributed by atoms with van der Waals surface area (Å²) in [5.41, 5.74) is -0.579. The quantitative estimate of drug-likeness (QED) is 0.601.